The molecule has 1 aliphatic heterocycles. The van der Waals surface area contributed by atoms with Crippen molar-refractivity contribution in [2.75, 3.05) is 5.73 Å². The Morgan fingerprint density at radius 3 is 2.88 bits per heavy atom. The van der Waals surface area contributed by atoms with Crippen molar-refractivity contribution >= 4 is 50.5 Å². The summed E-state index contributed by atoms with van der Waals surface area (Å²) in [6.07, 6.45) is 5.87. The summed E-state index contributed by atoms with van der Waals surface area (Å²) in [5.74, 6) is -0.139. The number of nitrogen functional groups attached to an aromatic ring is 1. The van der Waals surface area contributed by atoms with Gasteiger partial charge in [0.25, 0.3) is 0 Å². The third-order valence-corrected chi connectivity index (χ3v) is 7.15. The van der Waals surface area contributed by atoms with Gasteiger partial charge < -0.3 is 16.0 Å². The van der Waals surface area contributed by atoms with Gasteiger partial charge >= 0.3 is 0 Å². The highest BCUT2D eigenvalue weighted by Crippen LogP contribution is 2.41. The summed E-state index contributed by atoms with van der Waals surface area (Å²) in [4.78, 5) is 25.8. The summed E-state index contributed by atoms with van der Waals surface area (Å²) in [5.41, 5.74) is 18.4. The van der Waals surface area contributed by atoms with Crippen LogP contribution in [0.15, 0.2) is 59.9 Å². The highest BCUT2D eigenvalue weighted by Gasteiger charge is 2.20. The summed E-state index contributed by atoms with van der Waals surface area (Å²) in [6, 6.07) is 15.0. The summed E-state index contributed by atoms with van der Waals surface area (Å²) in [5, 5.41) is 1.24. The first kappa shape index (κ1) is 19.6. The van der Waals surface area contributed by atoms with E-state index in [1.807, 2.05) is 17.0 Å². The molecule has 1 amide bonds. The van der Waals surface area contributed by atoms with Gasteiger partial charge in [0.2, 0.25) is 11.9 Å². The number of amides is 1. The molecule has 4 heterocycles. The molecule has 0 aliphatic carbocycles. The molecule has 0 bridgehead atoms. The van der Waals surface area contributed by atoms with Gasteiger partial charge in [0, 0.05) is 40.5 Å². The summed E-state index contributed by atoms with van der Waals surface area (Å²) in [6.45, 7) is 1.13. The number of carbonyl (C=O) groups excluding carboxylic acids is 1. The van der Waals surface area contributed by atoms with Crippen molar-refractivity contribution in [3.8, 4) is 21.6 Å². The Morgan fingerprint density at radius 2 is 2.03 bits per heavy atom. The topological polar surface area (TPSA) is 112 Å². The number of nitrogens with zero attached hydrogens (tertiary/aromatic N) is 4. The number of nitrogens with two attached hydrogens (primary N) is 2. The normalized spacial score (nSPS) is 12.6. The first-order valence-electron chi connectivity index (χ1n) is 10.6. The fourth-order valence-corrected chi connectivity index (χ4v) is 5.53. The van der Waals surface area contributed by atoms with Crippen molar-refractivity contribution in [2.45, 2.75) is 19.5 Å². The Labute approximate surface area is 193 Å². The lowest BCUT2D eigenvalue weighted by Gasteiger charge is -2.10. The minimum absolute atomic E-state index is 0.212. The van der Waals surface area contributed by atoms with E-state index in [0.717, 1.165) is 27.7 Å². The van der Waals surface area contributed by atoms with Crippen LogP contribution in [0.5, 0.6) is 0 Å². The van der Waals surface area contributed by atoms with Crippen LogP contribution >= 0.6 is 11.3 Å². The van der Waals surface area contributed by atoms with Gasteiger partial charge in [-0.05, 0) is 51.9 Å². The van der Waals surface area contributed by atoms with E-state index in [1.54, 1.807) is 17.5 Å². The number of aromatic nitrogens is 3. The molecule has 0 unspecified atom stereocenters. The Balaban J connectivity index is 1.56. The SMILES string of the molecule is NC(=O)CCn1cc(-c2cc3c(c(-c4cc5ccccc5s4)c2)CN=C3)c2nc(N)ncc21. The molecule has 162 valence electrons. The average molecular weight is 453 g/mol. The van der Waals surface area contributed by atoms with Crippen LogP contribution in [0.25, 0.3) is 42.7 Å². The number of thiophene rings is 1. The molecule has 0 fully saturated rings. The van der Waals surface area contributed by atoms with Crippen molar-refractivity contribution in [1.82, 2.24) is 14.5 Å². The molecular weight excluding hydrogens is 432 g/mol. The van der Waals surface area contributed by atoms with Crippen molar-refractivity contribution in [3.05, 3.63) is 66.0 Å². The molecule has 6 rings (SSSR count). The van der Waals surface area contributed by atoms with Gasteiger partial charge in [-0.3, -0.25) is 9.79 Å². The molecule has 33 heavy (non-hydrogen) atoms. The van der Waals surface area contributed by atoms with Crippen LogP contribution < -0.4 is 11.5 Å². The number of fused-ring (bicyclic) bond motifs is 3. The minimum atomic E-state index is -0.351. The summed E-state index contributed by atoms with van der Waals surface area (Å²) >= 11 is 1.79. The number of rotatable bonds is 5. The molecule has 7 nitrogen and oxygen atoms in total. The second-order valence-electron chi connectivity index (χ2n) is 8.12. The quantitative estimate of drug-likeness (QED) is 0.412. The van der Waals surface area contributed by atoms with E-state index >= 15 is 0 Å². The fourth-order valence-electron chi connectivity index (χ4n) is 4.42. The van der Waals surface area contributed by atoms with E-state index in [0.29, 0.717) is 13.1 Å². The van der Waals surface area contributed by atoms with Crippen LogP contribution in [-0.2, 0) is 17.9 Å². The van der Waals surface area contributed by atoms with Gasteiger partial charge in [-0.25, -0.2) is 9.97 Å². The molecule has 8 heteroatoms. The monoisotopic (exact) mass is 452 g/mol. The molecule has 4 N–H and O–H groups in total. The molecule has 0 spiro atoms. The zero-order valence-electron chi connectivity index (χ0n) is 17.7. The summed E-state index contributed by atoms with van der Waals surface area (Å²) < 4.78 is 3.23. The van der Waals surface area contributed by atoms with E-state index in [2.05, 4.69) is 57.4 Å². The standard InChI is InChI=1S/C25H20N6OS/c26-23(32)5-6-31-13-19(24-20(31)12-29-25(27)30-24)15-7-16-10-28-11-18(16)17(8-15)22-9-14-3-1-2-4-21(14)33-22/h1-4,7-10,12-13H,5-6,11H2,(H2,26,32)(H2,27,29,30). The van der Waals surface area contributed by atoms with Crippen molar-refractivity contribution in [2.24, 2.45) is 10.7 Å². The van der Waals surface area contributed by atoms with Crippen LogP contribution in [0.1, 0.15) is 17.5 Å². The van der Waals surface area contributed by atoms with Crippen LogP contribution in [-0.4, -0.2) is 26.7 Å². The fraction of sp³-hybridized carbons (Fsp3) is 0.120. The Morgan fingerprint density at radius 1 is 1.15 bits per heavy atom. The zero-order chi connectivity index (χ0) is 22.5. The second kappa shape index (κ2) is 7.53. The molecule has 1 aliphatic rings. The Kier molecular flexibility index (Phi) is 4.48. The molecule has 5 aromatic rings. The predicted molar refractivity (Wildman–Crippen MR) is 133 cm³/mol. The third-order valence-electron chi connectivity index (χ3n) is 6.00. The van der Waals surface area contributed by atoms with Crippen molar-refractivity contribution in [1.29, 1.82) is 0 Å². The zero-order valence-corrected chi connectivity index (χ0v) is 18.5. The van der Waals surface area contributed by atoms with E-state index in [4.69, 9.17) is 11.5 Å². The summed E-state index contributed by atoms with van der Waals surface area (Å²) in [7, 11) is 0. The molecular formula is C25H20N6OS. The minimum Gasteiger partial charge on any atom is -0.370 e. The average Bonchev–Trinajstić information content (AvgIpc) is 3.53. The number of primary amides is 1. The second-order valence-corrected chi connectivity index (χ2v) is 9.21. The van der Waals surface area contributed by atoms with Crippen LogP contribution in [0.4, 0.5) is 5.95 Å². The van der Waals surface area contributed by atoms with Gasteiger partial charge in [-0.1, -0.05) is 18.2 Å². The van der Waals surface area contributed by atoms with E-state index in [9.17, 15) is 4.79 Å². The van der Waals surface area contributed by atoms with Crippen molar-refractivity contribution in [3.63, 3.8) is 0 Å². The van der Waals surface area contributed by atoms with Gasteiger partial charge in [0.05, 0.1) is 18.3 Å². The van der Waals surface area contributed by atoms with Crippen LogP contribution in [0.3, 0.4) is 0 Å². The van der Waals surface area contributed by atoms with Crippen LogP contribution in [0, 0.1) is 0 Å². The largest absolute Gasteiger partial charge is 0.370 e. The lowest BCUT2D eigenvalue weighted by atomic mass is 9.95. The maximum atomic E-state index is 11.4. The van der Waals surface area contributed by atoms with Gasteiger partial charge in [0.1, 0.15) is 5.52 Å². The molecule has 0 saturated carbocycles. The lowest BCUT2D eigenvalue weighted by molar-refractivity contribution is -0.118. The first-order chi connectivity index (χ1) is 16.1. The number of anilines is 1. The lowest BCUT2D eigenvalue weighted by Crippen LogP contribution is -2.13. The van der Waals surface area contributed by atoms with E-state index in [1.165, 1.54) is 26.1 Å². The molecule has 0 saturated heterocycles. The number of aliphatic imine (C=N–C) groups is 1. The van der Waals surface area contributed by atoms with Gasteiger partial charge in [-0.15, -0.1) is 11.3 Å². The molecule has 0 radical (unpaired) electrons. The van der Waals surface area contributed by atoms with Crippen molar-refractivity contribution < 1.29 is 4.79 Å². The highest BCUT2D eigenvalue weighted by molar-refractivity contribution is 7.22. The maximum absolute atomic E-state index is 11.4. The van der Waals surface area contributed by atoms with E-state index < -0.39 is 0 Å². The number of hydrogen-bond donors (Lipinski definition) is 2. The Bertz CT molecular complexity index is 1560. The number of carbonyl (C=O) groups is 1. The maximum Gasteiger partial charge on any atom is 0.220 e. The smallest absolute Gasteiger partial charge is 0.220 e. The Hall–Kier alpha value is -4.04. The third kappa shape index (κ3) is 3.35. The highest BCUT2D eigenvalue weighted by atomic mass is 32.1. The van der Waals surface area contributed by atoms with Gasteiger partial charge in [0.15, 0.2) is 0 Å². The van der Waals surface area contributed by atoms with E-state index in [-0.39, 0.29) is 18.3 Å². The predicted octanol–water partition coefficient (Wildman–Crippen LogP) is 4.37. The number of benzene rings is 2. The number of aryl methyl sites for hydroxylation is 1. The van der Waals surface area contributed by atoms with Gasteiger partial charge in [-0.2, -0.15) is 0 Å². The van der Waals surface area contributed by atoms with Crippen LogP contribution in [0.2, 0.25) is 0 Å². The number of hydrogen-bond acceptors (Lipinski definition) is 6. The molecule has 2 aromatic carbocycles. The molecule has 3 aromatic heterocycles. The first-order valence-corrected chi connectivity index (χ1v) is 11.4. The molecule has 0 atom stereocenters.